The Balaban J connectivity index is 1.87. The second-order valence-corrected chi connectivity index (χ2v) is 6.10. The van der Waals surface area contributed by atoms with Crippen molar-refractivity contribution in [2.45, 2.75) is 26.2 Å². The highest BCUT2D eigenvalue weighted by molar-refractivity contribution is 6.00. The number of primary amides is 1. The summed E-state index contributed by atoms with van der Waals surface area (Å²) >= 11 is 0. The van der Waals surface area contributed by atoms with Gasteiger partial charge in [-0.2, -0.15) is 0 Å². The van der Waals surface area contributed by atoms with E-state index in [0.717, 1.165) is 38.0 Å². The van der Waals surface area contributed by atoms with Crippen LogP contribution < -0.4 is 16.0 Å². The lowest BCUT2D eigenvalue weighted by Gasteiger charge is -2.22. The molecule has 0 spiro atoms. The molecule has 5 heteroatoms. The summed E-state index contributed by atoms with van der Waals surface area (Å²) in [6, 6.07) is 5.31. The Labute approximate surface area is 124 Å². The number of carbonyl (C=O) groups is 2. The topological polar surface area (TPSA) is 75.4 Å². The Kier molecular flexibility index (Phi) is 3.57. The van der Waals surface area contributed by atoms with Crippen molar-refractivity contribution in [1.29, 1.82) is 0 Å². The van der Waals surface area contributed by atoms with Crippen LogP contribution in [0.1, 0.15) is 36.5 Å². The summed E-state index contributed by atoms with van der Waals surface area (Å²) in [5.41, 5.74) is 7.46. The number of nitrogens with zero attached hydrogens (tertiary/aromatic N) is 1. The third kappa shape index (κ3) is 2.86. The number of hydrogen-bond donors (Lipinski definition) is 2. The van der Waals surface area contributed by atoms with Gasteiger partial charge in [-0.15, -0.1) is 0 Å². The minimum atomic E-state index is -0.474. The summed E-state index contributed by atoms with van der Waals surface area (Å²) in [5, 5.41) is 2.99. The third-order valence-corrected chi connectivity index (χ3v) is 4.43. The molecular formula is C16H21N3O2. The molecule has 1 aromatic rings. The van der Waals surface area contributed by atoms with E-state index < -0.39 is 5.91 Å². The maximum Gasteiger partial charge on any atom is 0.248 e. The van der Waals surface area contributed by atoms with E-state index in [4.69, 9.17) is 5.73 Å². The first-order valence-electron chi connectivity index (χ1n) is 7.56. The van der Waals surface area contributed by atoms with E-state index in [-0.39, 0.29) is 11.8 Å². The van der Waals surface area contributed by atoms with E-state index in [9.17, 15) is 9.59 Å². The summed E-state index contributed by atoms with van der Waals surface area (Å²) in [5.74, 6) is 0.135. The first kappa shape index (κ1) is 13.9. The van der Waals surface area contributed by atoms with Crippen LogP contribution in [0.25, 0.3) is 0 Å². The monoisotopic (exact) mass is 287 g/mol. The predicted molar refractivity (Wildman–Crippen MR) is 82.3 cm³/mol. The lowest BCUT2D eigenvalue weighted by molar-refractivity contribution is -0.117. The standard InChI is InChI=1S/C16H21N3O2/c1-10-8-12(10)16(21)18-13-9-11(15(17)20)4-5-14(13)19-6-2-3-7-19/h4-5,9-10,12H,2-3,6-8H2,1H3,(H2,17,20)(H,18,21). The zero-order chi connectivity index (χ0) is 15.0. The van der Waals surface area contributed by atoms with E-state index >= 15 is 0 Å². The maximum atomic E-state index is 12.2. The van der Waals surface area contributed by atoms with E-state index in [2.05, 4.69) is 17.1 Å². The van der Waals surface area contributed by atoms with Gasteiger partial charge in [-0.25, -0.2) is 0 Å². The quantitative estimate of drug-likeness (QED) is 0.889. The van der Waals surface area contributed by atoms with Crippen molar-refractivity contribution in [3.05, 3.63) is 23.8 Å². The molecule has 112 valence electrons. The van der Waals surface area contributed by atoms with Crippen molar-refractivity contribution < 1.29 is 9.59 Å². The molecule has 1 saturated carbocycles. The summed E-state index contributed by atoms with van der Waals surface area (Å²) in [7, 11) is 0. The van der Waals surface area contributed by atoms with Gasteiger partial charge in [0.25, 0.3) is 0 Å². The van der Waals surface area contributed by atoms with Crippen LogP contribution in [0.2, 0.25) is 0 Å². The smallest absolute Gasteiger partial charge is 0.248 e. The normalized spacial score (nSPS) is 24.0. The molecule has 1 saturated heterocycles. The highest BCUT2D eigenvalue weighted by Gasteiger charge is 2.39. The summed E-state index contributed by atoms with van der Waals surface area (Å²) in [6.07, 6.45) is 3.26. The summed E-state index contributed by atoms with van der Waals surface area (Å²) in [6.45, 7) is 4.04. The molecule has 2 aliphatic rings. The van der Waals surface area contributed by atoms with E-state index in [1.807, 2.05) is 6.07 Å². The zero-order valence-electron chi connectivity index (χ0n) is 12.3. The van der Waals surface area contributed by atoms with Gasteiger partial charge in [-0.1, -0.05) is 6.92 Å². The molecule has 2 unspecified atom stereocenters. The van der Waals surface area contributed by atoms with Crippen LogP contribution in [0.15, 0.2) is 18.2 Å². The predicted octanol–water partition coefficient (Wildman–Crippen LogP) is 1.98. The van der Waals surface area contributed by atoms with Gasteiger partial charge < -0.3 is 16.0 Å². The fourth-order valence-electron chi connectivity index (χ4n) is 2.94. The van der Waals surface area contributed by atoms with Crippen molar-refractivity contribution in [2.24, 2.45) is 17.6 Å². The van der Waals surface area contributed by atoms with Crippen LogP contribution in [-0.2, 0) is 4.79 Å². The molecule has 0 bridgehead atoms. The number of nitrogens with one attached hydrogen (secondary N) is 1. The molecule has 1 aromatic carbocycles. The number of nitrogens with two attached hydrogens (primary N) is 1. The Morgan fingerprint density at radius 3 is 2.52 bits per heavy atom. The van der Waals surface area contributed by atoms with Gasteiger partial charge in [0, 0.05) is 24.6 Å². The number of amides is 2. The van der Waals surface area contributed by atoms with Crippen molar-refractivity contribution in [3.63, 3.8) is 0 Å². The molecule has 1 aliphatic carbocycles. The highest BCUT2D eigenvalue weighted by atomic mass is 16.2. The number of benzene rings is 1. The fraction of sp³-hybridized carbons (Fsp3) is 0.500. The second kappa shape index (κ2) is 5.39. The molecule has 1 aliphatic heterocycles. The average Bonchev–Trinajstić information content (AvgIpc) is 2.97. The lowest BCUT2D eigenvalue weighted by Crippen LogP contribution is -2.23. The van der Waals surface area contributed by atoms with E-state index in [0.29, 0.717) is 17.2 Å². The second-order valence-electron chi connectivity index (χ2n) is 6.10. The van der Waals surface area contributed by atoms with Crippen molar-refractivity contribution in [3.8, 4) is 0 Å². The van der Waals surface area contributed by atoms with Crippen LogP contribution in [0.3, 0.4) is 0 Å². The van der Waals surface area contributed by atoms with Crippen molar-refractivity contribution >= 4 is 23.2 Å². The molecule has 21 heavy (non-hydrogen) atoms. The molecule has 2 atom stereocenters. The van der Waals surface area contributed by atoms with Gasteiger partial charge in [0.15, 0.2) is 0 Å². The van der Waals surface area contributed by atoms with Crippen molar-refractivity contribution in [2.75, 3.05) is 23.3 Å². The molecule has 0 aromatic heterocycles. The molecule has 0 radical (unpaired) electrons. The molecule has 1 heterocycles. The minimum Gasteiger partial charge on any atom is -0.370 e. The molecule has 3 rings (SSSR count). The SMILES string of the molecule is CC1CC1C(=O)Nc1cc(C(N)=O)ccc1N1CCCC1. The summed E-state index contributed by atoms with van der Waals surface area (Å²) < 4.78 is 0. The molecule has 2 amide bonds. The van der Waals surface area contributed by atoms with Gasteiger partial charge in [0.2, 0.25) is 11.8 Å². The first-order chi connectivity index (χ1) is 10.1. The van der Waals surface area contributed by atoms with Crippen molar-refractivity contribution in [1.82, 2.24) is 0 Å². The minimum absolute atomic E-state index is 0.0459. The summed E-state index contributed by atoms with van der Waals surface area (Å²) in [4.78, 5) is 25.8. The van der Waals surface area contributed by atoms with Gasteiger partial charge in [0.1, 0.15) is 0 Å². The molecule has 5 nitrogen and oxygen atoms in total. The average molecular weight is 287 g/mol. The zero-order valence-corrected chi connectivity index (χ0v) is 12.3. The van der Waals surface area contributed by atoms with Gasteiger partial charge in [0.05, 0.1) is 11.4 Å². The largest absolute Gasteiger partial charge is 0.370 e. The van der Waals surface area contributed by atoms with E-state index in [1.54, 1.807) is 12.1 Å². The number of carbonyl (C=O) groups excluding carboxylic acids is 2. The van der Waals surface area contributed by atoms with Crippen LogP contribution in [0.5, 0.6) is 0 Å². The van der Waals surface area contributed by atoms with Gasteiger partial charge in [-0.05, 0) is 43.4 Å². The highest BCUT2D eigenvalue weighted by Crippen LogP contribution is 2.39. The first-order valence-corrected chi connectivity index (χ1v) is 7.56. The number of anilines is 2. The maximum absolute atomic E-state index is 12.2. The van der Waals surface area contributed by atoms with Crippen LogP contribution in [-0.4, -0.2) is 24.9 Å². The fourth-order valence-corrected chi connectivity index (χ4v) is 2.94. The molecule has 3 N–H and O–H groups in total. The Morgan fingerprint density at radius 1 is 1.29 bits per heavy atom. The van der Waals surface area contributed by atoms with Crippen LogP contribution in [0.4, 0.5) is 11.4 Å². The Bertz CT molecular complexity index is 579. The lowest BCUT2D eigenvalue weighted by atomic mass is 10.1. The van der Waals surface area contributed by atoms with E-state index in [1.165, 1.54) is 0 Å². The third-order valence-electron chi connectivity index (χ3n) is 4.43. The van der Waals surface area contributed by atoms with Gasteiger partial charge >= 0.3 is 0 Å². The Morgan fingerprint density at radius 2 is 1.95 bits per heavy atom. The van der Waals surface area contributed by atoms with Crippen LogP contribution in [0, 0.1) is 11.8 Å². The van der Waals surface area contributed by atoms with Crippen LogP contribution >= 0.6 is 0 Å². The van der Waals surface area contributed by atoms with Gasteiger partial charge in [-0.3, -0.25) is 9.59 Å². The number of rotatable bonds is 4. The number of hydrogen-bond acceptors (Lipinski definition) is 3. The Hall–Kier alpha value is -2.04. The molecule has 2 fully saturated rings. The molecular weight excluding hydrogens is 266 g/mol.